The molecule has 0 aliphatic heterocycles. The lowest BCUT2D eigenvalue weighted by atomic mass is 10.2. The minimum atomic E-state index is -1.82. The first-order chi connectivity index (χ1) is 13.7. The average molecular weight is 399 g/mol. The molecule has 9 nitrogen and oxygen atoms in total. The highest BCUT2D eigenvalue weighted by atomic mass is 16.5. The summed E-state index contributed by atoms with van der Waals surface area (Å²) in [5.41, 5.74) is 2.22. The zero-order valence-corrected chi connectivity index (χ0v) is 16.0. The van der Waals surface area contributed by atoms with Crippen LogP contribution in [0.1, 0.15) is 11.1 Å². The Hall–Kier alpha value is -3.90. The van der Waals surface area contributed by atoms with Crippen LogP contribution in [0.15, 0.2) is 48.5 Å². The molecule has 0 radical (unpaired) electrons. The molecule has 0 aliphatic carbocycles. The summed E-state index contributed by atoms with van der Waals surface area (Å²) in [6, 6.07) is 16.7. The maximum absolute atomic E-state index is 12.1. The predicted octanol–water partition coefficient (Wildman–Crippen LogP) is 1.79. The third kappa shape index (κ3) is 9.03. The monoisotopic (exact) mass is 399 g/mol. The second kappa shape index (κ2) is 11.7. The summed E-state index contributed by atoms with van der Waals surface area (Å²) in [4.78, 5) is 32.2. The van der Waals surface area contributed by atoms with E-state index < -0.39 is 11.9 Å². The van der Waals surface area contributed by atoms with Crippen molar-refractivity contribution in [2.45, 2.75) is 6.54 Å². The number of ether oxygens (including phenoxy) is 1. The number of likely N-dealkylation sites (N-methyl/N-ethyl adjacent to an activating group) is 1. The molecule has 0 saturated heterocycles. The van der Waals surface area contributed by atoms with Crippen molar-refractivity contribution in [3.8, 4) is 11.8 Å². The SMILES string of the molecule is COc1cccc(CN(C)CC(=O)Nc2cccc(C#N)c2)c1.O=C(O)C(=O)O. The normalized spacial score (nSPS) is 9.59. The van der Waals surface area contributed by atoms with Crippen molar-refractivity contribution in [2.24, 2.45) is 0 Å². The van der Waals surface area contributed by atoms with Gasteiger partial charge in [-0.05, 0) is 42.9 Å². The van der Waals surface area contributed by atoms with Gasteiger partial charge in [0.05, 0.1) is 25.3 Å². The van der Waals surface area contributed by atoms with Crippen LogP contribution in [-0.4, -0.2) is 53.7 Å². The van der Waals surface area contributed by atoms with Crippen LogP contribution in [-0.2, 0) is 20.9 Å². The molecule has 0 aliphatic rings. The van der Waals surface area contributed by atoms with Crippen molar-refractivity contribution < 1.29 is 29.3 Å². The highest BCUT2D eigenvalue weighted by molar-refractivity contribution is 6.27. The van der Waals surface area contributed by atoms with Crippen molar-refractivity contribution in [1.29, 1.82) is 5.26 Å². The predicted molar refractivity (Wildman–Crippen MR) is 104 cm³/mol. The Morgan fingerprint density at radius 1 is 1.10 bits per heavy atom. The highest BCUT2D eigenvalue weighted by Crippen LogP contribution is 2.14. The van der Waals surface area contributed by atoms with E-state index in [0.29, 0.717) is 17.8 Å². The lowest BCUT2D eigenvalue weighted by Crippen LogP contribution is -2.29. The molecule has 0 saturated carbocycles. The fraction of sp³-hybridized carbons (Fsp3) is 0.200. The van der Waals surface area contributed by atoms with Gasteiger partial charge in [-0.3, -0.25) is 9.69 Å². The first-order valence-electron chi connectivity index (χ1n) is 8.33. The van der Waals surface area contributed by atoms with Gasteiger partial charge in [0.1, 0.15) is 5.75 Å². The highest BCUT2D eigenvalue weighted by Gasteiger charge is 2.08. The van der Waals surface area contributed by atoms with Crippen LogP contribution in [0.4, 0.5) is 5.69 Å². The number of methoxy groups -OCH3 is 1. The lowest BCUT2D eigenvalue weighted by molar-refractivity contribution is -0.159. The number of nitriles is 1. The van der Waals surface area contributed by atoms with E-state index in [9.17, 15) is 4.79 Å². The number of rotatable bonds is 6. The van der Waals surface area contributed by atoms with Gasteiger partial charge in [0, 0.05) is 12.2 Å². The van der Waals surface area contributed by atoms with E-state index in [2.05, 4.69) is 11.4 Å². The van der Waals surface area contributed by atoms with Crippen molar-refractivity contribution in [2.75, 3.05) is 26.0 Å². The number of nitrogens with one attached hydrogen (secondary N) is 1. The molecule has 0 aromatic heterocycles. The van der Waals surface area contributed by atoms with Crippen LogP contribution in [0.2, 0.25) is 0 Å². The molecule has 0 heterocycles. The molecule has 0 spiro atoms. The van der Waals surface area contributed by atoms with Gasteiger partial charge in [-0.25, -0.2) is 9.59 Å². The largest absolute Gasteiger partial charge is 0.497 e. The van der Waals surface area contributed by atoms with Crippen LogP contribution in [0.3, 0.4) is 0 Å². The fourth-order valence-electron chi connectivity index (χ4n) is 2.25. The van der Waals surface area contributed by atoms with E-state index >= 15 is 0 Å². The van der Waals surface area contributed by atoms with Gasteiger partial charge in [0.2, 0.25) is 5.91 Å². The maximum atomic E-state index is 12.1. The molecule has 2 aromatic carbocycles. The number of carbonyl (C=O) groups is 3. The van der Waals surface area contributed by atoms with Crippen molar-refractivity contribution in [3.63, 3.8) is 0 Å². The summed E-state index contributed by atoms with van der Waals surface area (Å²) in [6.45, 7) is 0.900. The molecule has 1 amide bonds. The van der Waals surface area contributed by atoms with E-state index in [1.54, 1.807) is 31.4 Å². The van der Waals surface area contributed by atoms with Crippen LogP contribution in [0.5, 0.6) is 5.75 Å². The molecule has 0 atom stereocenters. The standard InChI is InChI=1S/C18H19N3O2.C2H2O4/c1-21(12-15-6-4-8-17(10-15)23-2)13-18(22)20-16-7-3-5-14(9-16)11-19;3-1(4)2(5)6/h3-10H,12-13H2,1-2H3,(H,20,22);(H,3,4)(H,5,6). The molecular weight excluding hydrogens is 378 g/mol. The molecule has 3 N–H and O–H groups in total. The van der Waals surface area contributed by atoms with Crippen LogP contribution >= 0.6 is 0 Å². The summed E-state index contributed by atoms with van der Waals surface area (Å²) in [5.74, 6) is -2.97. The maximum Gasteiger partial charge on any atom is 0.414 e. The first kappa shape index (κ1) is 23.1. The number of amides is 1. The quantitative estimate of drug-likeness (QED) is 0.625. The Labute approximate surface area is 167 Å². The first-order valence-corrected chi connectivity index (χ1v) is 8.33. The Bertz CT molecular complexity index is 895. The molecule has 0 bridgehead atoms. The lowest BCUT2D eigenvalue weighted by Gasteiger charge is -2.17. The minimum Gasteiger partial charge on any atom is -0.497 e. The second-order valence-electron chi connectivity index (χ2n) is 5.87. The number of hydrogen-bond donors (Lipinski definition) is 3. The number of nitrogens with zero attached hydrogens (tertiary/aromatic N) is 2. The summed E-state index contributed by atoms with van der Waals surface area (Å²) in [7, 11) is 3.51. The Morgan fingerprint density at radius 3 is 2.34 bits per heavy atom. The summed E-state index contributed by atoms with van der Waals surface area (Å²) < 4.78 is 5.19. The third-order valence-corrected chi connectivity index (χ3v) is 3.46. The van der Waals surface area contributed by atoms with Crippen molar-refractivity contribution >= 4 is 23.5 Å². The number of aliphatic carboxylic acids is 2. The number of benzene rings is 2. The summed E-state index contributed by atoms with van der Waals surface area (Å²) in [5, 5.41) is 26.4. The Balaban J connectivity index is 0.000000612. The summed E-state index contributed by atoms with van der Waals surface area (Å²) >= 11 is 0. The third-order valence-electron chi connectivity index (χ3n) is 3.46. The molecular formula is C20H21N3O6. The molecule has 9 heteroatoms. The van der Waals surface area contributed by atoms with Crippen molar-refractivity contribution in [1.82, 2.24) is 4.90 Å². The smallest absolute Gasteiger partial charge is 0.414 e. The van der Waals surface area contributed by atoms with Crippen LogP contribution < -0.4 is 10.1 Å². The van der Waals surface area contributed by atoms with E-state index in [-0.39, 0.29) is 12.5 Å². The van der Waals surface area contributed by atoms with Crippen LogP contribution in [0.25, 0.3) is 0 Å². The molecule has 29 heavy (non-hydrogen) atoms. The van der Waals surface area contributed by atoms with E-state index in [1.165, 1.54) is 0 Å². The zero-order chi connectivity index (χ0) is 21.8. The van der Waals surface area contributed by atoms with Gasteiger partial charge in [0.25, 0.3) is 0 Å². The van der Waals surface area contributed by atoms with Gasteiger partial charge in [-0.2, -0.15) is 5.26 Å². The Morgan fingerprint density at radius 2 is 1.76 bits per heavy atom. The molecule has 2 rings (SSSR count). The van der Waals surface area contributed by atoms with Gasteiger partial charge >= 0.3 is 11.9 Å². The van der Waals surface area contributed by atoms with E-state index in [4.69, 9.17) is 29.8 Å². The number of anilines is 1. The number of carboxylic acid groups (broad SMARTS) is 2. The van der Waals surface area contributed by atoms with Gasteiger partial charge in [-0.1, -0.05) is 18.2 Å². The number of carboxylic acids is 2. The number of hydrogen-bond acceptors (Lipinski definition) is 6. The van der Waals surface area contributed by atoms with Gasteiger partial charge < -0.3 is 20.3 Å². The number of carbonyl (C=O) groups excluding carboxylic acids is 1. The molecule has 0 fully saturated rings. The summed E-state index contributed by atoms with van der Waals surface area (Å²) in [6.07, 6.45) is 0. The zero-order valence-electron chi connectivity index (χ0n) is 16.0. The van der Waals surface area contributed by atoms with Gasteiger partial charge in [-0.15, -0.1) is 0 Å². The molecule has 2 aromatic rings. The van der Waals surface area contributed by atoms with Gasteiger partial charge in [0.15, 0.2) is 0 Å². The van der Waals surface area contributed by atoms with E-state index in [0.717, 1.165) is 11.3 Å². The van der Waals surface area contributed by atoms with E-state index in [1.807, 2.05) is 36.2 Å². The molecule has 152 valence electrons. The fourth-order valence-corrected chi connectivity index (χ4v) is 2.25. The second-order valence-corrected chi connectivity index (χ2v) is 5.87. The van der Waals surface area contributed by atoms with Crippen molar-refractivity contribution in [3.05, 3.63) is 59.7 Å². The Kier molecular flexibility index (Phi) is 9.37. The topological polar surface area (TPSA) is 140 Å². The van der Waals surface area contributed by atoms with Crippen LogP contribution in [0, 0.1) is 11.3 Å². The molecule has 0 unspecified atom stereocenters. The average Bonchev–Trinajstić information content (AvgIpc) is 2.68. The minimum absolute atomic E-state index is 0.120.